The molecule has 1 aromatic heterocycles. The Labute approximate surface area is 127 Å². The Morgan fingerprint density at radius 1 is 1.05 bits per heavy atom. The molecule has 5 nitrogen and oxygen atoms in total. The van der Waals surface area contributed by atoms with E-state index in [0.29, 0.717) is 33.8 Å². The SMILES string of the molecule is COc1cc(-c2nc3ccccc3c(=O)[nH]2)c(OC)cc1C. The highest BCUT2D eigenvalue weighted by molar-refractivity contribution is 5.80. The number of aryl methyl sites for hydroxylation is 1. The summed E-state index contributed by atoms with van der Waals surface area (Å²) in [5.74, 6) is 1.81. The average molecular weight is 296 g/mol. The Hall–Kier alpha value is -2.82. The summed E-state index contributed by atoms with van der Waals surface area (Å²) in [6, 6.07) is 10.9. The van der Waals surface area contributed by atoms with Crippen LogP contribution in [-0.2, 0) is 0 Å². The van der Waals surface area contributed by atoms with Crippen LogP contribution in [0.4, 0.5) is 0 Å². The minimum absolute atomic E-state index is 0.179. The number of aromatic amines is 1. The van der Waals surface area contributed by atoms with E-state index in [9.17, 15) is 4.79 Å². The summed E-state index contributed by atoms with van der Waals surface area (Å²) in [5.41, 5.74) is 2.10. The number of nitrogens with one attached hydrogen (secondary N) is 1. The second-order valence-corrected chi connectivity index (χ2v) is 4.95. The maximum atomic E-state index is 12.2. The Morgan fingerprint density at radius 3 is 2.50 bits per heavy atom. The van der Waals surface area contributed by atoms with Crippen LogP contribution in [0.15, 0.2) is 41.2 Å². The lowest BCUT2D eigenvalue weighted by molar-refractivity contribution is 0.401. The zero-order valence-corrected chi connectivity index (χ0v) is 12.6. The van der Waals surface area contributed by atoms with Gasteiger partial charge in [0, 0.05) is 0 Å². The molecule has 0 aliphatic rings. The molecule has 1 heterocycles. The van der Waals surface area contributed by atoms with E-state index in [0.717, 1.165) is 5.56 Å². The van der Waals surface area contributed by atoms with Gasteiger partial charge < -0.3 is 14.5 Å². The molecule has 22 heavy (non-hydrogen) atoms. The van der Waals surface area contributed by atoms with Crippen molar-refractivity contribution in [1.29, 1.82) is 0 Å². The van der Waals surface area contributed by atoms with Gasteiger partial charge in [0.15, 0.2) is 0 Å². The third kappa shape index (κ3) is 2.30. The van der Waals surface area contributed by atoms with Crippen molar-refractivity contribution in [1.82, 2.24) is 9.97 Å². The van der Waals surface area contributed by atoms with Crippen LogP contribution in [0.5, 0.6) is 11.5 Å². The van der Waals surface area contributed by atoms with E-state index < -0.39 is 0 Å². The standard InChI is InChI=1S/C17H16N2O3/c1-10-8-15(22-3)12(9-14(10)21-2)16-18-13-7-5-4-6-11(13)17(20)19-16/h4-9H,1-3H3,(H,18,19,20). The van der Waals surface area contributed by atoms with E-state index >= 15 is 0 Å². The number of nitrogens with zero attached hydrogens (tertiary/aromatic N) is 1. The van der Waals surface area contributed by atoms with E-state index in [-0.39, 0.29) is 5.56 Å². The van der Waals surface area contributed by atoms with Gasteiger partial charge in [0.25, 0.3) is 5.56 Å². The predicted octanol–water partition coefficient (Wildman–Crippen LogP) is 2.92. The number of hydrogen-bond acceptors (Lipinski definition) is 4. The second-order valence-electron chi connectivity index (χ2n) is 4.95. The summed E-state index contributed by atoms with van der Waals surface area (Å²) in [6.45, 7) is 1.93. The minimum Gasteiger partial charge on any atom is -0.496 e. The smallest absolute Gasteiger partial charge is 0.259 e. The second kappa shape index (κ2) is 5.52. The van der Waals surface area contributed by atoms with Gasteiger partial charge in [-0.1, -0.05) is 12.1 Å². The Bertz CT molecular complexity index is 900. The lowest BCUT2D eigenvalue weighted by Gasteiger charge is -2.12. The highest BCUT2D eigenvalue weighted by Crippen LogP contribution is 2.34. The van der Waals surface area contributed by atoms with Crippen molar-refractivity contribution >= 4 is 10.9 Å². The largest absolute Gasteiger partial charge is 0.496 e. The number of methoxy groups -OCH3 is 2. The van der Waals surface area contributed by atoms with Crippen molar-refractivity contribution in [2.45, 2.75) is 6.92 Å². The minimum atomic E-state index is -0.179. The monoisotopic (exact) mass is 296 g/mol. The van der Waals surface area contributed by atoms with E-state index in [4.69, 9.17) is 9.47 Å². The van der Waals surface area contributed by atoms with Gasteiger partial charge in [-0.3, -0.25) is 4.79 Å². The van der Waals surface area contributed by atoms with E-state index in [1.165, 1.54) is 0 Å². The number of rotatable bonds is 3. The van der Waals surface area contributed by atoms with Crippen LogP contribution in [0.1, 0.15) is 5.56 Å². The van der Waals surface area contributed by atoms with E-state index in [1.807, 2.05) is 37.3 Å². The van der Waals surface area contributed by atoms with Gasteiger partial charge in [-0.15, -0.1) is 0 Å². The molecule has 0 aliphatic heterocycles. The Morgan fingerprint density at radius 2 is 1.77 bits per heavy atom. The molecule has 0 saturated carbocycles. The first-order chi connectivity index (χ1) is 10.6. The highest BCUT2D eigenvalue weighted by Gasteiger charge is 2.14. The van der Waals surface area contributed by atoms with Crippen molar-refractivity contribution in [2.75, 3.05) is 14.2 Å². The summed E-state index contributed by atoms with van der Waals surface area (Å²) in [7, 11) is 3.19. The number of ether oxygens (including phenoxy) is 2. The molecule has 3 aromatic rings. The first-order valence-corrected chi connectivity index (χ1v) is 6.86. The molecule has 3 rings (SSSR count). The number of para-hydroxylation sites is 1. The molecule has 5 heteroatoms. The first kappa shape index (κ1) is 14.1. The summed E-state index contributed by atoms with van der Waals surface area (Å²) in [6.07, 6.45) is 0. The Balaban J connectivity index is 2.29. The highest BCUT2D eigenvalue weighted by atomic mass is 16.5. The van der Waals surface area contributed by atoms with Crippen molar-refractivity contribution in [3.05, 3.63) is 52.3 Å². The zero-order valence-electron chi connectivity index (χ0n) is 12.6. The lowest BCUT2D eigenvalue weighted by atomic mass is 10.1. The molecule has 0 fully saturated rings. The molecule has 0 atom stereocenters. The van der Waals surface area contributed by atoms with Gasteiger partial charge in [-0.2, -0.15) is 0 Å². The molecule has 0 saturated heterocycles. The van der Waals surface area contributed by atoms with Crippen LogP contribution in [0.2, 0.25) is 0 Å². The molecular weight excluding hydrogens is 280 g/mol. The van der Waals surface area contributed by atoms with Gasteiger partial charge in [-0.25, -0.2) is 4.98 Å². The molecule has 0 bridgehead atoms. The molecule has 0 amide bonds. The fraction of sp³-hybridized carbons (Fsp3) is 0.176. The quantitative estimate of drug-likeness (QED) is 0.807. The van der Waals surface area contributed by atoms with Crippen molar-refractivity contribution in [3.8, 4) is 22.9 Å². The van der Waals surface area contributed by atoms with Crippen LogP contribution in [0.3, 0.4) is 0 Å². The number of fused-ring (bicyclic) bond motifs is 1. The normalized spacial score (nSPS) is 10.7. The molecule has 0 aliphatic carbocycles. The van der Waals surface area contributed by atoms with Crippen LogP contribution in [-0.4, -0.2) is 24.2 Å². The first-order valence-electron chi connectivity index (χ1n) is 6.86. The lowest BCUT2D eigenvalue weighted by Crippen LogP contribution is -2.10. The number of hydrogen-bond donors (Lipinski definition) is 1. The third-order valence-corrected chi connectivity index (χ3v) is 3.58. The number of H-pyrrole nitrogens is 1. The van der Waals surface area contributed by atoms with E-state index in [2.05, 4.69) is 9.97 Å². The van der Waals surface area contributed by atoms with Gasteiger partial charge >= 0.3 is 0 Å². The molecule has 1 N–H and O–H groups in total. The molecule has 2 aromatic carbocycles. The van der Waals surface area contributed by atoms with Gasteiger partial charge in [0.1, 0.15) is 17.3 Å². The molecule has 0 spiro atoms. The molecule has 0 unspecified atom stereocenters. The summed E-state index contributed by atoms with van der Waals surface area (Å²) >= 11 is 0. The third-order valence-electron chi connectivity index (χ3n) is 3.58. The summed E-state index contributed by atoms with van der Waals surface area (Å²) in [4.78, 5) is 19.6. The fourth-order valence-electron chi connectivity index (χ4n) is 2.45. The fourth-order valence-corrected chi connectivity index (χ4v) is 2.45. The van der Waals surface area contributed by atoms with E-state index in [1.54, 1.807) is 20.3 Å². The summed E-state index contributed by atoms with van der Waals surface area (Å²) in [5, 5.41) is 0.560. The van der Waals surface area contributed by atoms with Crippen molar-refractivity contribution < 1.29 is 9.47 Å². The van der Waals surface area contributed by atoms with Gasteiger partial charge in [-0.05, 0) is 36.8 Å². The maximum Gasteiger partial charge on any atom is 0.259 e. The van der Waals surface area contributed by atoms with Crippen LogP contribution in [0, 0.1) is 6.92 Å². The summed E-state index contributed by atoms with van der Waals surface area (Å²) < 4.78 is 10.8. The molecule has 112 valence electrons. The average Bonchev–Trinajstić information content (AvgIpc) is 2.54. The Kier molecular flexibility index (Phi) is 3.55. The van der Waals surface area contributed by atoms with Crippen molar-refractivity contribution in [2.24, 2.45) is 0 Å². The van der Waals surface area contributed by atoms with Crippen LogP contribution >= 0.6 is 0 Å². The predicted molar refractivity (Wildman–Crippen MR) is 85.6 cm³/mol. The topological polar surface area (TPSA) is 64.2 Å². The number of benzene rings is 2. The zero-order chi connectivity index (χ0) is 15.7. The molecule has 0 radical (unpaired) electrons. The van der Waals surface area contributed by atoms with Crippen LogP contribution < -0.4 is 15.0 Å². The van der Waals surface area contributed by atoms with Gasteiger partial charge in [0.2, 0.25) is 0 Å². The maximum absolute atomic E-state index is 12.2. The number of aromatic nitrogens is 2. The molecular formula is C17H16N2O3. The van der Waals surface area contributed by atoms with Crippen molar-refractivity contribution in [3.63, 3.8) is 0 Å². The van der Waals surface area contributed by atoms with Crippen LogP contribution in [0.25, 0.3) is 22.3 Å². The van der Waals surface area contributed by atoms with Gasteiger partial charge in [0.05, 0.1) is 30.7 Å².